The second kappa shape index (κ2) is 4.91. The lowest BCUT2D eigenvalue weighted by atomic mass is 10.1. The van der Waals surface area contributed by atoms with Gasteiger partial charge in [-0.15, -0.1) is 0 Å². The molecule has 4 nitrogen and oxygen atoms in total. The van der Waals surface area contributed by atoms with Gasteiger partial charge in [0.05, 0.1) is 5.52 Å². The van der Waals surface area contributed by atoms with Crippen LogP contribution in [0.2, 0.25) is 0 Å². The van der Waals surface area contributed by atoms with E-state index in [1.54, 1.807) is 6.07 Å². The average molecular weight is 232 g/mol. The van der Waals surface area contributed by atoms with Crippen LogP contribution in [0.1, 0.15) is 25.3 Å². The summed E-state index contributed by atoms with van der Waals surface area (Å²) >= 11 is 0. The molecule has 2 aromatic rings. The minimum atomic E-state index is 0.476. The van der Waals surface area contributed by atoms with E-state index in [9.17, 15) is 5.21 Å². The Labute approximate surface area is 99.4 Å². The van der Waals surface area contributed by atoms with Gasteiger partial charge in [-0.05, 0) is 36.6 Å². The van der Waals surface area contributed by atoms with Gasteiger partial charge in [-0.2, -0.15) is 4.73 Å². The molecule has 2 N–H and O–H groups in total. The summed E-state index contributed by atoms with van der Waals surface area (Å²) in [4.78, 5) is 0. The zero-order chi connectivity index (χ0) is 12.3. The van der Waals surface area contributed by atoms with Crippen molar-refractivity contribution in [3.05, 3.63) is 41.4 Å². The van der Waals surface area contributed by atoms with Crippen molar-refractivity contribution in [3.63, 3.8) is 0 Å². The topological polar surface area (TPSA) is 57.8 Å². The van der Waals surface area contributed by atoms with Gasteiger partial charge in [-0.1, -0.05) is 24.6 Å². The van der Waals surface area contributed by atoms with Crippen LogP contribution in [-0.4, -0.2) is 15.1 Å². The molecule has 1 aromatic heterocycles. The number of aryl methyl sites for hydroxylation is 1. The first-order valence-corrected chi connectivity index (χ1v) is 5.78. The molecule has 90 valence electrons. The number of aromatic nitrogens is 1. The number of fused-ring (bicyclic) bond motifs is 1. The zero-order valence-electron chi connectivity index (χ0n) is 9.80. The second-order valence-corrected chi connectivity index (χ2v) is 4.10. The molecule has 1 heterocycles. The summed E-state index contributed by atoms with van der Waals surface area (Å²) < 4.78 is 1.04. The van der Waals surface area contributed by atoms with E-state index >= 15 is 0 Å². The van der Waals surface area contributed by atoms with E-state index in [0.29, 0.717) is 10.9 Å². The number of nitrogens with zero attached hydrogens (tertiary/aromatic N) is 2. The van der Waals surface area contributed by atoms with Crippen LogP contribution in [0.3, 0.4) is 0 Å². The molecule has 0 fully saturated rings. The molecule has 0 spiro atoms. The van der Waals surface area contributed by atoms with Crippen molar-refractivity contribution in [1.82, 2.24) is 4.73 Å². The Hall–Kier alpha value is -1.97. The Balaban J connectivity index is 2.59. The largest absolute Gasteiger partial charge is 0.428 e. The van der Waals surface area contributed by atoms with E-state index in [4.69, 9.17) is 5.21 Å². The monoisotopic (exact) mass is 232 g/mol. The highest BCUT2D eigenvalue weighted by atomic mass is 16.5. The molecule has 0 saturated carbocycles. The Morgan fingerprint density at radius 1 is 1.29 bits per heavy atom. The summed E-state index contributed by atoms with van der Waals surface area (Å²) in [6.07, 6.45) is 4.73. The lowest BCUT2D eigenvalue weighted by Crippen LogP contribution is -2.08. The molecule has 0 aliphatic heterocycles. The van der Waals surface area contributed by atoms with Gasteiger partial charge >= 0.3 is 0 Å². The molecule has 0 amide bonds. The van der Waals surface area contributed by atoms with Crippen molar-refractivity contribution in [2.24, 2.45) is 5.16 Å². The van der Waals surface area contributed by atoms with E-state index in [1.165, 1.54) is 11.8 Å². The van der Waals surface area contributed by atoms with Crippen molar-refractivity contribution >= 4 is 10.9 Å². The predicted molar refractivity (Wildman–Crippen MR) is 65.1 cm³/mol. The Morgan fingerprint density at radius 2 is 2.12 bits per heavy atom. The van der Waals surface area contributed by atoms with E-state index in [0.717, 1.165) is 29.4 Å². The summed E-state index contributed by atoms with van der Waals surface area (Å²) in [7, 11) is 0. The Morgan fingerprint density at radius 3 is 2.82 bits per heavy atom. The predicted octanol–water partition coefficient (Wildman–Crippen LogP) is 2.51. The summed E-state index contributed by atoms with van der Waals surface area (Å²) in [5.41, 5.74) is 1.83. The smallest absolute Gasteiger partial charge is 0.113 e. The summed E-state index contributed by atoms with van der Waals surface area (Å²) in [5.74, 6) is 0. The summed E-state index contributed by atoms with van der Waals surface area (Å²) in [5, 5.41) is 23.0. The summed E-state index contributed by atoms with van der Waals surface area (Å²) in [6, 6.07) is 7.37. The van der Waals surface area contributed by atoms with Crippen LogP contribution in [0.5, 0.6) is 0 Å². The molecule has 0 aliphatic rings. The normalized spacial score (nSPS) is 12.2. The van der Waals surface area contributed by atoms with Gasteiger partial charge in [0.1, 0.15) is 5.36 Å². The summed E-state index contributed by atoms with van der Waals surface area (Å²) in [6.45, 7) is 2.15. The molecule has 0 saturated heterocycles. The van der Waals surface area contributed by atoms with Gasteiger partial charge in [0, 0.05) is 11.6 Å². The molecule has 4 heteroatoms. The Bertz CT molecular complexity index is 587. The van der Waals surface area contributed by atoms with Crippen molar-refractivity contribution in [1.29, 1.82) is 0 Å². The van der Waals surface area contributed by atoms with E-state index in [2.05, 4.69) is 12.1 Å². The molecule has 0 bridgehead atoms. The molecule has 17 heavy (non-hydrogen) atoms. The fourth-order valence-corrected chi connectivity index (χ4v) is 1.92. The van der Waals surface area contributed by atoms with Crippen molar-refractivity contribution < 1.29 is 10.4 Å². The van der Waals surface area contributed by atoms with E-state index in [1.807, 2.05) is 18.2 Å². The fraction of sp³-hybridized carbons (Fsp3) is 0.308. The van der Waals surface area contributed by atoms with Gasteiger partial charge in [0.2, 0.25) is 0 Å². The third-order valence-corrected chi connectivity index (χ3v) is 2.88. The van der Waals surface area contributed by atoms with Crippen molar-refractivity contribution in [2.75, 3.05) is 0 Å². The van der Waals surface area contributed by atoms with Crippen LogP contribution < -0.4 is 5.36 Å². The fourth-order valence-electron chi connectivity index (χ4n) is 1.92. The van der Waals surface area contributed by atoms with Crippen LogP contribution in [0.4, 0.5) is 0 Å². The maximum atomic E-state index is 9.65. The first-order chi connectivity index (χ1) is 8.26. The molecular weight excluding hydrogens is 216 g/mol. The minimum absolute atomic E-state index is 0.476. The molecular formula is C13H16N2O2. The van der Waals surface area contributed by atoms with Gasteiger partial charge in [-0.25, -0.2) is 0 Å². The number of benzene rings is 1. The van der Waals surface area contributed by atoms with E-state index in [-0.39, 0.29) is 0 Å². The van der Waals surface area contributed by atoms with Gasteiger partial charge in [0.25, 0.3) is 0 Å². The number of unbranched alkanes of at least 4 members (excludes halogenated alkanes) is 1. The van der Waals surface area contributed by atoms with Crippen LogP contribution in [0.15, 0.2) is 35.6 Å². The minimum Gasteiger partial charge on any atom is -0.428 e. The maximum absolute atomic E-state index is 9.65. The lowest BCUT2D eigenvalue weighted by molar-refractivity contribution is 0.197. The third kappa shape index (κ3) is 2.25. The molecule has 0 radical (unpaired) electrons. The molecule has 0 atom stereocenters. The highest BCUT2D eigenvalue weighted by Crippen LogP contribution is 2.13. The van der Waals surface area contributed by atoms with Crippen molar-refractivity contribution in [3.8, 4) is 0 Å². The maximum Gasteiger partial charge on any atom is 0.113 e. The SMILES string of the molecule is CCCCc1ccc2c(c1)/c(=N\O)ccn2O. The highest BCUT2D eigenvalue weighted by molar-refractivity contribution is 5.79. The molecule has 0 unspecified atom stereocenters. The number of rotatable bonds is 3. The quantitative estimate of drug-likeness (QED) is 0.485. The van der Waals surface area contributed by atoms with Crippen LogP contribution in [-0.2, 0) is 6.42 Å². The first kappa shape index (κ1) is 11.5. The number of hydrogen-bond acceptors (Lipinski definition) is 3. The first-order valence-electron chi connectivity index (χ1n) is 5.78. The van der Waals surface area contributed by atoms with Crippen LogP contribution >= 0.6 is 0 Å². The zero-order valence-corrected chi connectivity index (χ0v) is 9.80. The lowest BCUT2D eigenvalue weighted by Gasteiger charge is -2.06. The molecule has 0 aliphatic carbocycles. The third-order valence-electron chi connectivity index (χ3n) is 2.88. The van der Waals surface area contributed by atoms with Crippen LogP contribution in [0, 0.1) is 0 Å². The highest BCUT2D eigenvalue weighted by Gasteiger charge is 2.02. The number of hydrogen-bond donors (Lipinski definition) is 2. The standard InChI is InChI=1S/C13H16N2O2/c1-2-3-4-10-5-6-13-11(9-10)12(14-16)7-8-15(13)17/h5-9,16-17H,2-4H2,1H3/b14-12-. The van der Waals surface area contributed by atoms with Crippen LogP contribution in [0.25, 0.3) is 10.9 Å². The molecule has 2 rings (SSSR count). The average Bonchev–Trinajstić information content (AvgIpc) is 2.37. The molecule has 1 aromatic carbocycles. The number of pyridine rings is 1. The van der Waals surface area contributed by atoms with E-state index < -0.39 is 0 Å². The second-order valence-electron chi connectivity index (χ2n) is 4.10. The Kier molecular flexibility index (Phi) is 3.32. The van der Waals surface area contributed by atoms with Gasteiger partial charge in [-0.3, -0.25) is 0 Å². The van der Waals surface area contributed by atoms with Gasteiger partial charge < -0.3 is 10.4 Å². The van der Waals surface area contributed by atoms with Crippen molar-refractivity contribution in [2.45, 2.75) is 26.2 Å². The van der Waals surface area contributed by atoms with Gasteiger partial charge in [0.15, 0.2) is 0 Å².